The third-order valence-electron chi connectivity index (χ3n) is 3.24. The van der Waals surface area contributed by atoms with E-state index in [4.69, 9.17) is 0 Å². The van der Waals surface area contributed by atoms with Crippen LogP contribution < -0.4 is 4.90 Å². The first kappa shape index (κ1) is 12.5. The summed E-state index contributed by atoms with van der Waals surface area (Å²) in [4.78, 5) is 25.3. The molecule has 1 atom stereocenters. The number of aliphatic hydroxyl groups is 1. The zero-order valence-corrected chi connectivity index (χ0v) is 10.6. The molecule has 1 aromatic rings. The van der Waals surface area contributed by atoms with Crippen molar-refractivity contribution < 1.29 is 14.7 Å². The van der Waals surface area contributed by atoms with Gasteiger partial charge in [0, 0.05) is 16.7 Å². The van der Waals surface area contributed by atoms with Gasteiger partial charge in [0.1, 0.15) is 0 Å². The fourth-order valence-corrected chi connectivity index (χ4v) is 2.01. The van der Waals surface area contributed by atoms with Crippen molar-refractivity contribution in [1.29, 1.82) is 0 Å². The van der Waals surface area contributed by atoms with Crippen LogP contribution in [0, 0.1) is 0 Å². The second-order valence-electron chi connectivity index (χ2n) is 4.43. The summed E-state index contributed by atoms with van der Waals surface area (Å²) in [7, 11) is 0. The van der Waals surface area contributed by atoms with Gasteiger partial charge in [-0.1, -0.05) is 18.2 Å². The van der Waals surface area contributed by atoms with Gasteiger partial charge in [-0.15, -0.1) is 0 Å². The first-order valence-electron chi connectivity index (χ1n) is 5.78. The Morgan fingerprint density at radius 3 is 2.06 bits per heavy atom. The predicted octanol–water partition coefficient (Wildman–Crippen LogP) is 1.95. The van der Waals surface area contributed by atoms with Gasteiger partial charge in [-0.25, -0.2) is 4.90 Å². The largest absolute Gasteiger partial charge is 0.389 e. The molecule has 1 aliphatic rings. The molecule has 2 rings (SSSR count). The van der Waals surface area contributed by atoms with Gasteiger partial charge in [0.2, 0.25) is 0 Å². The van der Waals surface area contributed by atoms with Crippen molar-refractivity contribution in [3.8, 4) is 0 Å². The summed E-state index contributed by atoms with van der Waals surface area (Å²) < 4.78 is 0. The third-order valence-corrected chi connectivity index (χ3v) is 3.24. The Labute approximate surface area is 106 Å². The maximum absolute atomic E-state index is 12.1. The maximum atomic E-state index is 12.1. The minimum atomic E-state index is -0.733. The Morgan fingerprint density at radius 2 is 1.56 bits per heavy atom. The van der Waals surface area contributed by atoms with Crippen molar-refractivity contribution in [2.75, 3.05) is 4.90 Å². The number of anilines is 1. The second kappa shape index (κ2) is 4.38. The number of hydrogen-bond donors (Lipinski definition) is 1. The molecule has 0 fully saturated rings. The predicted molar refractivity (Wildman–Crippen MR) is 67.9 cm³/mol. The van der Waals surface area contributed by atoms with Gasteiger partial charge in [-0.2, -0.15) is 0 Å². The fourth-order valence-electron chi connectivity index (χ4n) is 2.01. The molecule has 2 amide bonds. The topological polar surface area (TPSA) is 57.6 Å². The van der Waals surface area contributed by atoms with E-state index in [1.807, 2.05) is 0 Å². The number of benzene rings is 1. The Kier molecular flexibility index (Phi) is 3.05. The molecule has 1 heterocycles. The highest BCUT2D eigenvalue weighted by atomic mass is 16.3. The van der Waals surface area contributed by atoms with Crippen LogP contribution in [0.3, 0.4) is 0 Å². The van der Waals surface area contributed by atoms with Gasteiger partial charge >= 0.3 is 0 Å². The molecule has 1 aromatic carbocycles. The lowest BCUT2D eigenvalue weighted by Gasteiger charge is -2.20. The molecule has 0 bridgehead atoms. The van der Waals surface area contributed by atoms with Crippen LogP contribution in [0.5, 0.6) is 0 Å². The highest BCUT2D eigenvalue weighted by Crippen LogP contribution is 2.32. The SMILES string of the molecule is CC1=C(C)C(=O)N(c2ccccc2C(C)O)C1=O. The van der Waals surface area contributed by atoms with Crippen LogP contribution in [0.25, 0.3) is 0 Å². The average Bonchev–Trinajstić information content (AvgIpc) is 2.54. The third kappa shape index (κ3) is 1.75. The quantitative estimate of drug-likeness (QED) is 0.810. The van der Waals surface area contributed by atoms with Gasteiger partial charge in [-0.3, -0.25) is 9.59 Å². The standard InChI is InChI=1S/C14H15NO3/c1-8-9(2)14(18)15(13(8)17)12-7-5-4-6-11(12)10(3)16/h4-7,10,16H,1-3H3. The molecule has 0 saturated heterocycles. The van der Waals surface area contributed by atoms with Crippen molar-refractivity contribution in [1.82, 2.24) is 0 Å². The molecule has 0 aromatic heterocycles. The smallest absolute Gasteiger partial charge is 0.261 e. The Hall–Kier alpha value is -1.94. The highest BCUT2D eigenvalue weighted by Gasteiger charge is 2.35. The zero-order valence-electron chi connectivity index (χ0n) is 10.6. The highest BCUT2D eigenvalue weighted by molar-refractivity contribution is 6.32. The minimum absolute atomic E-state index is 0.314. The van der Waals surface area contributed by atoms with Crippen LogP contribution in [0.4, 0.5) is 5.69 Å². The van der Waals surface area contributed by atoms with Crippen LogP contribution in [0.15, 0.2) is 35.4 Å². The lowest BCUT2D eigenvalue weighted by Crippen LogP contribution is -2.32. The van der Waals surface area contributed by atoms with Crippen molar-refractivity contribution >= 4 is 17.5 Å². The summed E-state index contributed by atoms with van der Waals surface area (Å²) in [5.74, 6) is -0.629. The Bertz CT molecular complexity index is 534. The monoisotopic (exact) mass is 245 g/mol. The molecule has 1 unspecified atom stereocenters. The summed E-state index contributed by atoms with van der Waals surface area (Å²) in [6.07, 6.45) is -0.733. The molecular formula is C14H15NO3. The molecule has 1 aliphatic heterocycles. The van der Waals surface area contributed by atoms with E-state index >= 15 is 0 Å². The molecular weight excluding hydrogens is 230 g/mol. The van der Waals surface area contributed by atoms with Gasteiger partial charge in [0.25, 0.3) is 11.8 Å². The van der Waals surface area contributed by atoms with Crippen LogP contribution in [0.2, 0.25) is 0 Å². The van der Waals surface area contributed by atoms with Gasteiger partial charge in [-0.05, 0) is 26.8 Å². The lowest BCUT2D eigenvalue weighted by molar-refractivity contribution is -0.120. The summed E-state index contributed by atoms with van der Waals surface area (Å²) in [5.41, 5.74) is 1.95. The second-order valence-corrected chi connectivity index (χ2v) is 4.43. The fraction of sp³-hybridized carbons (Fsp3) is 0.286. The van der Waals surface area contributed by atoms with Crippen molar-refractivity contribution in [3.05, 3.63) is 41.0 Å². The molecule has 0 aliphatic carbocycles. The van der Waals surface area contributed by atoms with Crippen molar-refractivity contribution in [2.24, 2.45) is 0 Å². The maximum Gasteiger partial charge on any atom is 0.261 e. The number of aliphatic hydroxyl groups excluding tert-OH is 1. The number of carbonyl (C=O) groups excluding carboxylic acids is 2. The first-order chi connectivity index (χ1) is 8.45. The van der Waals surface area contributed by atoms with E-state index in [0.717, 1.165) is 4.90 Å². The molecule has 1 N–H and O–H groups in total. The van der Waals surface area contributed by atoms with Gasteiger partial charge in [0.15, 0.2) is 0 Å². The minimum Gasteiger partial charge on any atom is -0.389 e. The molecule has 18 heavy (non-hydrogen) atoms. The molecule has 94 valence electrons. The van der Waals surface area contributed by atoms with E-state index in [-0.39, 0.29) is 11.8 Å². The lowest BCUT2D eigenvalue weighted by atomic mass is 10.1. The number of amides is 2. The van der Waals surface area contributed by atoms with Crippen molar-refractivity contribution in [2.45, 2.75) is 26.9 Å². The Balaban J connectivity index is 2.53. The Morgan fingerprint density at radius 1 is 1.06 bits per heavy atom. The van der Waals surface area contributed by atoms with Crippen LogP contribution in [-0.4, -0.2) is 16.9 Å². The molecule has 0 saturated carbocycles. The van der Waals surface area contributed by atoms with Gasteiger partial charge in [0.05, 0.1) is 11.8 Å². The number of carbonyl (C=O) groups is 2. The number of nitrogens with zero attached hydrogens (tertiary/aromatic N) is 1. The zero-order chi connectivity index (χ0) is 13.4. The van der Waals surface area contributed by atoms with E-state index in [1.165, 1.54) is 0 Å². The van der Waals surface area contributed by atoms with E-state index in [1.54, 1.807) is 45.0 Å². The van der Waals surface area contributed by atoms with E-state index < -0.39 is 6.10 Å². The number of rotatable bonds is 2. The molecule has 0 spiro atoms. The number of hydrogen-bond acceptors (Lipinski definition) is 3. The van der Waals surface area contributed by atoms with Crippen LogP contribution >= 0.6 is 0 Å². The molecule has 4 nitrogen and oxygen atoms in total. The van der Waals surface area contributed by atoms with Gasteiger partial charge < -0.3 is 5.11 Å². The van der Waals surface area contributed by atoms with E-state index in [2.05, 4.69) is 0 Å². The molecule has 0 radical (unpaired) electrons. The summed E-state index contributed by atoms with van der Waals surface area (Å²) in [6, 6.07) is 6.89. The van der Waals surface area contributed by atoms with E-state index in [0.29, 0.717) is 22.4 Å². The average molecular weight is 245 g/mol. The first-order valence-corrected chi connectivity index (χ1v) is 5.78. The number of imide groups is 1. The van der Waals surface area contributed by atoms with E-state index in [9.17, 15) is 14.7 Å². The van der Waals surface area contributed by atoms with Crippen LogP contribution in [0.1, 0.15) is 32.4 Å². The van der Waals surface area contributed by atoms with Crippen LogP contribution in [-0.2, 0) is 9.59 Å². The normalized spacial score (nSPS) is 17.7. The summed E-state index contributed by atoms with van der Waals surface area (Å²) >= 11 is 0. The van der Waals surface area contributed by atoms with Crippen molar-refractivity contribution in [3.63, 3.8) is 0 Å². The number of para-hydroxylation sites is 1. The summed E-state index contributed by atoms with van der Waals surface area (Å²) in [6.45, 7) is 4.89. The molecule has 4 heteroatoms. The summed E-state index contributed by atoms with van der Waals surface area (Å²) in [5, 5.41) is 9.71.